The van der Waals surface area contributed by atoms with Crippen LogP contribution < -0.4 is 0 Å². The molecule has 1 heteroatoms. The summed E-state index contributed by atoms with van der Waals surface area (Å²) in [5.41, 5.74) is 1.27. The lowest BCUT2D eigenvalue weighted by atomic mass is 9.69. The van der Waals surface area contributed by atoms with Gasteiger partial charge in [0.05, 0.1) is 0 Å². The molecular weight excluding hydrogens is 172 g/mol. The lowest BCUT2D eigenvalue weighted by Crippen LogP contribution is -2.25. The van der Waals surface area contributed by atoms with Crippen molar-refractivity contribution in [2.45, 2.75) is 27.2 Å². The summed E-state index contributed by atoms with van der Waals surface area (Å²) in [4.78, 5) is 10.9. The first-order valence-electron chi connectivity index (χ1n) is 4.97. The highest BCUT2D eigenvalue weighted by molar-refractivity contribution is 5.87. The van der Waals surface area contributed by atoms with E-state index in [2.05, 4.69) is 32.6 Å². The predicted molar refractivity (Wildman–Crippen MR) is 60.0 cm³/mol. The molecule has 0 saturated heterocycles. The van der Waals surface area contributed by atoms with Crippen LogP contribution in [0.25, 0.3) is 0 Å². The molecule has 76 valence electrons. The van der Waals surface area contributed by atoms with Crippen LogP contribution in [-0.2, 0) is 4.79 Å². The Kier molecular flexibility index (Phi) is 3.10. The maximum absolute atomic E-state index is 10.9. The van der Waals surface area contributed by atoms with Crippen molar-refractivity contribution in [3.63, 3.8) is 0 Å². The van der Waals surface area contributed by atoms with Gasteiger partial charge >= 0.3 is 0 Å². The molecule has 0 aromatic rings. The predicted octanol–water partition coefficient (Wildman–Crippen LogP) is 3.29. The molecule has 0 saturated carbocycles. The van der Waals surface area contributed by atoms with Crippen molar-refractivity contribution in [1.29, 1.82) is 0 Å². The van der Waals surface area contributed by atoms with Gasteiger partial charge in [0.25, 0.3) is 0 Å². The Morgan fingerprint density at radius 1 is 1.64 bits per heavy atom. The van der Waals surface area contributed by atoms with Crippen LogP contribution >= 0.6 is 0 Å². The SMILES string of the molecule is C=C1C=CCC(C)(C)C1/C=C/C(C)=O. The quantitative estimate of drug-likeness (QED) is 0.611. The number of hydrogen-bond donors (Lipinski definition) is 0. The average Bonchev–Trinajstić information content (AvgIpc) is 2.01. The van der Waals surface area contributed by atoms with Gasteiger partial charge in [-0.25, -0.2) is 0 Å². The monoisotopic (exact) mass is 190 g/mol. The van der Waals surface area contributed by atoms with E-state index < -0.39 is 0 Å². The van der Waals surface area contributed by atoms with Gasteiger partial charge in [-0.05, 0) is 30.4 Å². The molecule has 0 heterocycles. The van der Waals surface area contributed by atoms with Crippen LogP contribution in [0.15, 0.2) is 36.5 Å². The number of carbonyl (C=O) groups is 1. The zero-order valence-corrected chi connectivity index (χ0v) is 9.21. The number of hydrogen-bond acceptors (Lipinski definition) is 1. The minimum Gasteiger partial charge on any atom is -0.295 e. The normalized spacial score (nSPS) is 25.6. The van der Waals surface area contributed by atoms with E-state index >= 15 is 0 Å². The van der Waals surface area contributed by atoms with E-state index in [0.717, 1.165) is 12.0 Å². The van der Waals surface area contributed by atoms with E-state index in [1.807, 2.05) is 6.08 Å². The molecule has 0 aromatic heterocycles. The molecule has 1 unspecified atom stereocenters. The van der Waals surface area contributed by atoms with Crippen molar-refractivity contribution < 1.29 is 4.79 Å². The average molecular weight is 190 g/mol. The van der Waals surface area contributed by atoms with E-state index in [4.69, 9.17) is 0 Å². The molecule has 1 nitrogen and oxygen atoms in total. The maximum atomic E-state index is 10.9. The van der Waals surface area contributed by atoms with Gasteiger partial charge in [0.1, 0.15) is 0 Å². The van der Waals surface area contributed by atoms with Gasteiger partial charge in [0.15, 0.2) is 5.78 Å². The second-order valence-corrected chi connectivity index (χ2v) is 4.62. The minimum absolute atomic E-state index is 0.100. The number of carbonyl (C=O) groups excluding carboxylic acids is 1. The molecule has 0 amide bonds. The van der Waals surface area contributed by atoms with Crippen LogP contribution in [0.3, 0.4) is 0 Å². The Morgan fingerprint density at radius 2 is 2.29 bits per heavy atom. The van der Waals surface area contributed by atoms with Gasteiger partial charge in [-0.3, -0.25) is 4.79 Å². The van der Waals surface area contributed by atoms with Crippen molar-refractivity contribution in [1.82, 2.24) is 0 Å². The van der Waals surface area contributed by atoms with Gasteiger partial charge in [-0.2, -0.15) is 0 Å². The van der Waals surface area contributed by atoms with E-state index in [9.17, 15) is 4.79 Å². The Balaban J connectivity index is 2.88. The van der Waals surface area contributed by atoms with Crippen molar-refractivity contribution in [3.8, 4) is 0 Å². The molecule has 0 N–H and O–H groups in total. The number of allylic oxidation sites excluding steroid dienone is 5. The third kappa shape index (κ3) is 2.44. The first-order chi connectivity index (χ1) is 6.43. The molecule has 0 bridgehead atoms. The molecule has 1 aliphatic rings. The van der Waals surface area contributed by atoms with Gasteiger partial charge < -0.3 is 0 Å². The third-order valence-electron chi connectivity index (χ3n) is 2.74. The Hall–Kier alpha value is -1.11. The summed E-state index contributed by atoms with van der Waals surface area (Å²) in [6, 6.07) is 0. The van der Waals surface area contributed by atoms with Crippen LogP contribution in [0.5, 0.6) is 0 Å². The van der Waals surface area contributed by atoms with E-state index in [1.54, 1.807) is 13.0 Å². The molecule has 0 aromatic carbocycles. The second kappa shape index (κ2) is 3.95. The summed E-state index contributed by atoms with van der Waals surface area (Å²) in [6.07, 6.45) is 8.88. The van der Waals surface area contributed by atoms with Crippen molar-refractivity contribution in [2.75, 3.05) is 0 Å². The lowest BCUT2D eigenvalue weighted by Gasteiger charge is -2.35. The molecule has 0 radical (unpaired) electrons. The molecule has 1 aliphatic carbocycles. The first kappa shape index (κ1) is 11.0. The summed E-state index contributed by atoms with van der Waals surface area (Å²) in [5, 5.41) is 0. The van der Waals surface area contributed by atoms with Crippen LogP contribution in [0.4, 0.5) is 0 Å². The summed E-state index contributed by atoms with van der Waals surface area (Å²) in [6.45, 7) is 10.0. The molecule has 1 rings (SSSR count). The topological polar surface area (TPSA) is 17.1 Å². The third-order valence-corrected chi connectivity index (χ3v) is 2.74. The highest BCUT2D eigenvalue weighted by Crippen LogP contribution is 2.40. The Bertz CT molecular complexity index is 305. The minimum atomic E-state index is 0.100. The summed E-state index contributed by atoms with van der Waals surface area (Å²) >= 11 is 0. The highest BCUT2D eigenvalue weighted by Gasteiger charge is 2.30. The van der Waals surface area contributed by atoms with Crippen LogP contribution in [0.2, 0.25) is 0 Å². The van der Waals surface area contributed by atoms with Gasteiger partial charge in [-0.1, -0.05) is 38.7 Å². The zero-order chi connectivity index (χ0) is 10.8. The van der Waals surface area contributed by atoms with E-state index in [0.29, 0.717) is 0 Å². The molecular formula is C13H18O. The fraction of sp³-hybridized carbons (Fsp3) is 0.462. The fourth-order valence-electron chi connectivity index (χ4n) is 1.86. The van der Waals surface area contributed by atoms with Crippen LogP contribution in [0, 0.1) is 11.3 Å². The van der Waals surface area contributed by atoms with Crippen LogP contribution in [0.1, 0.15) is 27.2 Å². The highest BCUT2D eigenvalue weighted by atomic mass is 16.1. The smallest absolute Gasteiger partial charge is 0.152 e. The maximum Gasteiger partial charge on any atom is 0.152 e. The van der Waals surface area contributed by atoms with Crippen LogP contribution in [-0.4, -0.2) is 5.78 Å². The second-order valence-electron chi connectivity index (χ2n) is 4.62. The zero-order valence-electron chi connectivity index (χ0n) is 9.21. The summed E-state index contributed by atoms with van der Waals surface area (Å²) in [7, 11) is 0. The number of rotatable bonds is 2. The number of ketones is 1. The standard InChI is InChI=1S/C13H18O/c1-10-6-5-9-13(3,4)12(10)8-7-11(2)14/h5-8,12H,1,9H2,2-4H3/b8-7+. The fourth-order valence-corrected chi connectivity index (χ4v) is 1.86. The Labute approximate surface area is 86.2 Å². The molecule has 0 fully saturated rings. The molecule has 0 spiro atoms. The lowest BCUT2D eigenvalue weighted by molar-refractivity contribution is -0.112. The van der Waals surface area contributed by atoms with Gasteiger partial charge in [0.2, 0.25) is 0 Å². The summed E-state index contributed by atoms with van der Waals surface area (Å²) < 4.78 is 0. The Morgan fingerprint density at radius 3 is 2.79 bits per heavy atom. The molecule has 14 heavy (non-hydrogen) atoms. The summed E-state index contributed by atoms with van der Waals surface area (Å²) in [5.74, 6) is 0.388. The van der Waals surface area contributed by atoms with Gasteiger partial charge in [0, 0.05) is 5.92 Å². The van der Waals surface area contributed by atoms with Crippen molar-refractivity contribution in [2.24, 2.45) is 11.3 Å². The van der Waals surface area contributed by atoms with E-state index in [1.165, 1.54) is 0 Å². The molecule has 0 aliphatic heterocycles. The molecule has 1 atom stereocenters. The largest absolute Gasteiger partial charge is 0.295 e. The van der Waals surface area contributed by atoms with Gasteiger partial charge in [-0.15, -0.1) is 0 Å². The van der Waals surface area contributed by atoms with Crippen molar-refractivity contribution >= 4 is 5.78 Å². The van der Waals surface area contributed by atoms with Crippen molar-refractivity contribution in [3.05, 3.63) is 36.5 Å². The first-order valence-corrected chi connectivity index (χ1v) is 4.97. The van der Waals surface area contributed by atoms with E-state index in [-0.39, 0.29) is 17.1 Å².